The van der Waals surface area contributed by atoms with Crippen LogP contribution < -0.4 is 9.80 Å². The zero-order valence-corrected chi connectivity index (χ0v) is 16.0. The number of ether oxygens (including phenoxy) is 1. The molecule has 4 rings (SSSR count). The molecule has 2 aromatic carbocycles. The first-order chi connectivity index (χ1) is 14.0. The third kappa shape index (κ3) is 3.51. The van der Waals surface area contributed by atoms with E-state index in [1.54, 1.807) is 11.8 Å². The van der Waals surface area contributed by atoms with E-state index in [1.807, 2.05) is 24.3 Å². The van der Waals surface area contributed by atoms with E-state index in [9.17, 15) is 19.2 Å². The van der Waals surface area contributed by atoms with Crippen molar-refractivity contribution in [2.45, 2.75) is 32.3 Å². The molecule has 1 saturated heterocycles. The van der Waals surface area contributed by atoms with Gasteiger partial charge < -0.3 is 9.64 Å². The number of hydrogen-bond acceptors (Lipinski definition) is 5. The number of hydrogen-bond donors (Lipinski definition) is 0. The van der Waals surface area contributed by atoms with Gasteiger partial charge in [-0.15, -0.1) is 0 Å². The summed E-state index contributed by atoms with van der Waals surface area (Å²) in [5.74, 6) is -1.41. The van der Waals surface area contributed by atoms with E-state index < -0.39 is 12.1 Å². The first-order valence-electron chi connectivity index (χ1n) is 9.52. The first-order valence-corrected chi connectivity index (χ1v) is 9.52. The summed E-state index contributed by atoms with van der Waals surface area (Å²) in [6.45, 7) is 2.11. The molecule has 3 amide bonds. The molecule has 0 aliphatic carbocycles. The summed E-state index contributed by atoms with van der Waals surface area (Å²) in [5, 5.41) is 0. The van der Waals surface area contributed by atoms with Crippen LogP contribution in [-0.4, -0.2) is 36.3 Å². The Bertz CT molecular complexity index is 983. The minimum absolute atomic E-state index is 0.196. The van der Waals surface area contributed by atoms with Gasteiger partial charge in [-0.2, -0.15) is 0 Å². The van der Waals surface area contributed by atoms with Gasteiger partial charge in [0.25, 0.3) is 5.91 Å². The van der Waals surface area contributed by atoms with Gasteiger partial charge in [0.05, 0.1) is 11.3 Å². The van der Waals surface area contributed by atoms with Crippen molar-refractivity contribution in [1.82, 2.24) is 0 Å². The SMILES string of the molecule is C[C@@H](OC(=O)c1ccc(N2C(=O)CCC2=O)cc1)C(=O)N1CCc2ccccc21. The van der Waals surface area contributed by atoms with Crippen LogP contribution in [0.15, 0.2) is 48.5 Å². The molecule has 0 bridgehead atoms. The Labute approximate surface area is 167 Å². The van der Waals surface area contributed by atoms with Crippen LogP contribution in [0, 0.1) is 0 Å². The van der Waals surface area contributed by atoms with Crippen molar-refractivity contribution in [3.63, 3.8) is 0 Å². The van der Waals surface area contributed by atoms with Crippen LogP contribution in [0.3, 0.4) is 0 Å². The molecule has 0 radical (unpaired) electrons. The Balaban J connectivity index is 1.42. The lowest BCUT2D eigenvalue weighted by Crippen LogP contribution is -2.39. The maximum Gasteiger partial charge on any atom is 0.338 e. The van der Waals surface area contributed by atoms with Crippen LogP contribution >= 0.6 is 0 Å². The van der Waals surface area contributed by atoms with Gasteiger partial charge in [-0.3, -0.25) is 19.3 Å². The van der Waals surface area contributed by atoms with E-state index in [0.29, 0.717) is 12.2 Å². The third-order valence-corrected chi connectivity index (χ3v) is 5.20. The van der Waals surface area contributed by atoms with Gasteiger partial charge in [0.1, 0.15) is 0 Å². The fraction of sp³-hybridized carbons (Fsp3) is 0.273. The molecule has 0 saturated carbocycles. The van der Waals surface area contributed by atoms with E-state index in [1.165, 1.54) is 24.3 Å². The fourth-order valence-electron chi connectivity index (χ4n) is 3.68. The average molecular weight is 392 g/mol. The molecule has 1 atom stereocenters. The van der Waals surface area contributed by atoms with Crippen molar-refractivity contribution >= 4 is 35.1 Å². The second-order valence-corrected chi connectivity index (χ2v) is 7.09. The lowest BCUT2D eigenvalue weighted by Gasteiger charge is -2.21. The molecule has 2 aromatic rings. The largest absolute Gasteiger partial charge is 0.449 e. The second kappa shape index (κ2) is 7.50. The molecule has 2 aliphatic rings. The molecule has 2 aliphatic heterocycles. The summed E-state index contributed by atoms with van der Waals surface area (Å²) in [6.07, 6.45) is 0.233. The van der Waals surface area contributed by atoms with E-state index in [2.05, 4.69) is 0 Å². The number of anilines is 2. The zero-order valence-electron chi connectivity index (χ0n) is 16.0. The molecule has 0 aromatic heterocycles. The predicted molar refractivity (Wildman–Crippen MR) is 106 cm³/mol. The van der Waals surface area contributed by atoms with Crippen molar-refractivity contribution in [2.75, 3.05) is 16.3 Å². The van der Waals surface area contributed by atoms with Gasteiger partial charge in [-0.05, 0) is 49.2 Å². The van der Waals surface area contributed by atoms with E-state index in [-0.39, 0.29) is 36.1 Å². The number of imide groups is 1. The van der Waals surface area contributed by atoms with Gasteiger partial charge in [0, 0.05) is 25.1 Å². The predicted octanol–water partition coefficient (Wildman–Crippen LogP) is 2.47. The number of carbonyl (C=O) groups is 4. The monoisotopic (exact) mass is 392 g/mol. The van der Waals surface area contributed by atoms with Crippen LogP contribution in [0.1, 0.15) is 35.7 Å². The molecule has 0 unspecified atom stereocenters. The van der Waals surface area contributed by atoms with Crippen LogP contribution in [-0.2, 0) is 25.5 Å². The summed E-state index contributed by atoms with van der Waals surface area (Å²) in [6, 6.07) is 13.7. The highest BCUT2D eigenvalue weighted by Gasteiger charge is 2.31. The topological polar surface area (TPSA) is 84.0 Å². The molecule has 148 valence electrons. The van der Waals surface area contributed by atoms with Crippen molar-refractivity contribution in [3.8, 4) is 0 Å². The summed E-state index contributed by atoms with van der Waals surface area (Å²) >= 11 is 0. The zero-order chi connectivity index (χ0) is 20.5. The second-order valence-electron chi connectivity index (χ2n) is 7.09. The Morgan fingerprint density at radius 2 is 1.59 bits per heavy atom. The number of fused-ring (bicyclic) bond motifs is 1. The summed E-state index contributed by atoms with van der Waals surface area (Å²) in [4.78, 5) is 51.6. The minimum Gasteiger partial charge on any atom is -0.449 e. The number of esters is 1. The van der Waals surface area contributed by atoms with Crippen molar-refractivity contribution in [3.05, 3.63) is 59.7 Å². The van der Waals surface area contributed by atoms with E-state index in [0.717, 1.165) is 22.6 Å². The fourth-order valence-corrected chi connectivity index (χ4v) is 3.68. The maximum absolute atomic E-state index is 12.7. The molecule has 29 heavy (non-hydrogen) atoms. The molecule has 0 N–H and O–H groups in total. The van der Waals surface area contributed by atoms with E-state index >= 15 is 0 Å². The van der Waals surface area contributed by atoms with Crippen molar-refractivity contribution in [1.29, 1.82) is 0 Å². The minimum atomic E-state index is -0.935. The molecule has 2 heterocycles. The summed E-state index contributed by atoms with van der Waals surface area (Å²) < 4.78 is 5.36. The lowest BCUT2D eigenvalue weighted by atomic mass is 10.2. The number of amides is 3. The van der Waals surface area contributed by atoms with Crippen LogP contribution in [0.4, 0.5) is 11.4 Å². The number of carbonyl (C=O) groups excluding carboxylic acids is 4. The van der Waals surface area contributed by atoms with Gasteiger partial charge in [-0.1, -0.05) is 18.2 Å². The highest BCUT2D eigenvalue weighted by atomic mass is 16.5. The van der Waals surface area contributed by atoms with Crippen molar-refractivity contribution in [2.24, 2.45) is 0 Å². The number of benzene rings is 2. The normalized spacial score (nSPS) is 16.7. The summed E-state index contributed by atoms with van der Waals surface area (Å²) in [5.41, 5.74) is 2.62. The number of rotatable bonds is 4. The Hall–Kier alpha value is -3.48. The van der Waals surface area contributed by atoms with Crippen LogP contribution in [0.25, 0.3) is 0 Å². The standard InChI is InChI=1S/C22H20N2O5/c1-14(21(27)23-13-12-15-4-2-3-5-18(15)23)29-22(28)16-6-8-17(9-7-16)24-19(25)10-11-20(24)26/h2-9,14H,10-13H2,1H3/t14-/m1/s1. The summed E-state index contributed by atoms with van der Waals surface area (Å²) in [7, 11) is 0. The molecule has 0 spiro atoms. The van der Waals surface area contributed by atoms with Crippen LogP contribution in [0.5, 0.6) is 0 Å². The Morgan fingerprint density at radius 3 is 2.28 bits per heavy atom. The molecule has 1 fully saturated rings. The maximum atomic E-state index is 12.7. The Kier molecular flexibility index (Phi) is 4.88. The quantitative estimate of drug-likeness (QED) is 0.590. The highest BCUT2D eigenvalue weighted by molar-refractivity contribution is 6.19. The van der Waals surface area contributed by atoms with Gasteiger partial charge in [0.15, 0.2) is 6.10 Å². The average Bonchev–Trinajstić information content (AvgIpc) is 3.30. The molecular formula is C22H20N2O5. The number of nitrogens with zero attached hydrogens (tertiary/aromatic N) is 2. The van der Waals surface area contributed by atoms with Gasteiger partial charge >= 0.3 is 5.97 Å². The van der Waals surface area contributed by atoms with Gasteiger partial charge in [0.2, 0.25) is 11.8 Å². The lowest BCUT2D eigenvalue weighted by molar-refractivity contribution is -0.126. The van der Waals surface area contributed by atoms with E-state index in [4.69, 9.17) is 4.74 Å². The van der Waals surface area contributed by atoms with Gasteiger partial charge in [-0.25, -0.2) is 4.79 Å². The highest BCUT2D eigenvalue weighted by Crippen LogP contribution is 2.28. The molecular weight excluding hydrogens is 372 g/mol. The Morgan fingerprint density at radius 1 is 0.931 bits per heavy atom. The molecule has 7 heteroatoms. The van der Waals surface area contributed by atoms with Crippen molar-refractivity contribution < 1.29 is 23.9 Å². The van der Waals surface area contributed by atoms with Crippen LogP contribution in [0.2, 0.25) is 0 Å². The first kappa shape index (κ1) is 18.9. The smallest absolute Gasteiger partial charge is 0.338 e. The third-order valence-electron chi connectivity index (χ3n) is 5.20. The molecule has 7 nitrogen and oxygen atoms in total. The number of para-hydroxylation sites is 1.